The van der Waals surface area contributed by atoms with Crippen LogP contribution < -0.4 is 14.8 Å². The van der Waals surface area contributed by atoms with Crippen molar-refractivity contribution in [1.29, 1.82) is 0 Å². The van der Waals surface area contributed by atoms with E-state index in [0.29, 0.717) is 56.0 Å². The largest absolute Gasteiger partial charge is 0.491 e. The van der Waals surface area contributed by atoms with Gasteiger partial charge in [-0.15, -0.1) is 0 Å². The van der Waals surface area contributed by atoms with Crippen LogP contribution in [0.15, 0.2) is 76.5 Å². The van der Waals surface area contributed by atoms with Gasteiger partial charge in [-0.05, 0) is 60.7 Å². The molecule has 11 nitrogen and oxygen atoms in total. The first-order chi connectivity index (χ1) is 20.6. The number of aliphatic hydroxyl groups excluding tert-OH is 2. The van der Waals surface area contributed by atoms with Gasteiger partial charge in [-0.25, -0.2) is 21.6 Å². The number of fused-ring (bicyclic) bond motifs is 1. The average Bonchev–Trinajstić information content (AvgIpc) is 3.41. The number of ether oxygens (including phenoxy) is 2. The zero-order valence-corrected chi connectivity index (χ0v) is 25.5. The molecule has 13 heteroatoms. The van der Waals surface area contributed by atoms with Crippen LogP contribution in [0.2, 0.25) is 0 Å². The summed E-state index contributed by atoms with van der Waals surface area (Å²) in [7, 11) is -7.34. The third-order valence-corrected chi connectivity index (χ3v) is 11.4. The molecule has 1 spiro atoms. The Labute approximate surface area is 252 Å². The number of sulfonamides is 2. The van der Waals surface area contributed by atoms with Crippen LogP contribution in [-0.2, 0) is 24.8 Å². The fourth-order valence-corrected chi connectivity index (χ4v) is 8.18. The van der Waals surface area contributed by atoms with Gasteiger partial charge in [-0.1, -0.05) is 36.4 Å². The summed E-state index contributed by atoms with van der Waals surface area (Å²) in [6, 6.07) is 19.0. The van der Waals surface area contributed by atoms with Gasteiger partial charge in [-0.3, -0.25) is 0 Å². The van der Waals surface area contributed by atoms with Gasteiger partial charge in [0.05, 0.1) is 22.0 Å². The molecule has 43 heavy (non-hydrogen) atoms. The molecule has 0 amide bonds. The van der Waals surface area contributed by atoms with Gasteiger partial charge < -0.3 is 25.0 Å². The van der Waals surface area contributed by atoms with Crippen molar-refractivity contribution in [1.82, 2.24) is 14.3 Å². The van der Waals surface area contributed by atoms with Crippen molar-refractivity contribution >= 4 is 30.8 Å². The number of aliphatic hydroxyl groups is 2. The first-order valence-electron chi connectivity index (χ1n) is 14.5. The van der Waals surface area contributed by atoms with Crippen molar-refractivity contribution in [3.63, 3.8) is 0 Å². The highest BCUT2D eigenvalue weighted by molar-refractivity contribution is 7.89. The van der Waals surface area contributed by atoms with Crippen molar-refractivity contribution in [3.05, 3.63) is 66.7 Å². The van der Waals surface area contributed by atoms with Crippen LogP contribution in [0.5, 0.6) is 5.75 Å². The summed E-state index contributed by atoms with van der Waals surface area (Å²) in [5.74, 6) is 0.317. The number of hydrogen-bond donors (Lipinski definition) is 4. The van der Waals surface area contributed by atoms with Gasteiger partial charge in [-0.2, -0.15) is 4.31 Å². The van der Waals surface area contributed by atoms with E-state index in [9.17, 15) is 21.9 Å². The van der Waals surface area contributed by atoms with Gasteiger partial charge in [0.25, 0.3) is 0 Å². The van der Waals surface area contributed by atoms with E-state index in [1.165, 1.54) is 12.1 Å². The summed E-state index contributed by atoms with van der Waals surface area (Å²) in [5.41, 5.74) is -0.397. The van der Waals surface area contributed by atoms with Crippen LogP contribution in [0.25, 0.3) is 10.8 Å². The SMILES string of the molecule is O=S(=O)(NCCCO)c1cccc(OC[C@@H](O)CNC2COC3(CCN(S(=O)(=O)c4ccc5ccccc5c4)CC3)C2)c1. The van der Waals surface area contributed by atoms with Crippen LogP contribution in [0.3, 0.4) is 0 Å². The highest BCUT2D eigenvalue weighted by Crippen LogP contribution is 2.37. The summed E-state index contributed by atoms with van der Waals surface area (Å²) in [6.07, 6.45) is 1.38. The maximum absolute atomic E-state index is 13.4. The first kappa shape index (κ1) is 31.8. The summed E-state index contributed by atoms with van der Waals surface area (Å²) in [6.45, 7) is 1.47. The molecule has 3 aromatic rings. The van der Waals surface area contributed by atoms with Gasteiger partial charge in [0.1, 0.15) is 18.5 Å². The fourth-order valence-electron chi connectivity index (χ4n) is 5.59. The molecule has 0 aromatic heterocycles. The number of nitrogens with one attached hydrogen (secondary N) is 2. The van der Waals surface area contributed by atoms with Crippen LogP contribution in [0.4, 0.5) is 0 Å². The minimum absolute atomic E-state index is 0.0109. The maximum atomic E-state index is 13.4. The topological polar surface area (TPSA) is 154 Å². The lowest BCUT2D eigenvalue weighted by Crippen LogP contribution is -2.47. The van der Waals surface area contributed by atoms with E-state index >= 15 is 0 Å². The lowest BCUT2D eigenvalue weighted by molar-refractivity contribution is -0.0312. The minimum atomic E-state index is -3.73. The van der Waals surface area contributed by atoms with Crippen molar-refractivity contribution in [2.45, 2.75) is 53.2 Å². The average molecular weight is 634 g/mol. The van der Waals surface area contributed by atoms with Crippen LogP contribution >= 0.6 is 0 Å². The third-order valence-electron chi connectivity index (χ3n) is 8.03. The molecule has 2 heterocycles. The molecular weight excluding hydrogens is 594 g/mol. The first-order valence-corrected chi connectivity index (χ1v) is 17.4. The van der Waals surface area contributed by atoms with E-state index in [1.54, 1.807) is 28.6 Å². The van der Waals surface area contributed by atoms with Crippen LogP contribution in [0, 0.1) is 0 Å². The highest BCUT2D eigenvalue weighted by atomic mass is 32.2. The van der Waals surface area contributed by atoms with E-state index in [4.69, 9.17) is 14.6 Å². The lowest BCUT2D eigenvalue weighted by atomic mass is 9.88. The van der Waals surface area contributed by atoms with E-state index in [2.05, 4.69) is 10.0 Å². The van der Waals surface area contributed by atoms with Crippen molar-refractivity contribution in [2.75, 3.05) is 46.0 Å². The van der Waals surface area contributed by atoms with Crippen molar-refractivity contribution in [2.24, 2.45) is 0 Å². The fraction of sp³-hybridized carbons (Fsp3) is 0.467. The number of benzene rings is 3. The smallest absolute Gasteiger partial charge is 0.243 e. The molecule has 0 saturated carbocycles. The highest BCUT2D eigenvalue weighted by Gasteiger charge is 2.44. The molecule has 0 bridgehead atoms. The second-order valence-electron chi connectivity index (χ2n) is 11.1. The molecule has 0 radical (unpaired) electrons. The van der Waals surface area contributed by atoms with E-state index in [-0.39, 0.29) is 37.2 Å². The van der Waals surface area contributed by atoms with Gasteiger partial charge >= 0.3 is 0 Å². The molecule has 0 aliphatic carbocycles. The Bertz CT molecular complexity index is 1610. The molecule has 2 saturated heterocycles. The molecule has 5 rings (SSSR count). The van der Waals surface area contributed by atoms with E-state index < -0.39 is 31.8 Å². The molecule has 2 aliphatic heterocycles. The minimum Gasteiger partial charge on any atom is -0.491 e. The monoisotopic (exact) mass is 633 g/mol. The molecule has 1 unspecified atom stereocenters. The molecule has 4 N–H and O–H groups in total. The summed E-state index contributed by atoms with van der Waals surface area (Å²) in [4.78, 5) is 0.341. The number of hydrogen-bond acceptors (Lipinski definition) is 9. The number of piperidine rings is 1. The second-order valence-corrected chi connectivity index (χ2v) is 14.8. The normalized spacial score (nSPS) is 20.0. The zero-order chi connectivity index (χ0) is 30.5. The van der Waals surface area contributed by atoms with Gasteiger partial charge in [0.2, 0.25) is 20.0 Å². The Morgan fingerprint density at radius 2 is 1.74 bits per heavy atom. The number of nitrogens with zero attached hydrogens (tertiary/aromatic N) is 1. The number of rotatable bonds is 13. The van der Waals surface area contributed by atoms with Crippen LogP contribution in [-0.4, -0.2) is 95.1 Å². The molecule has 2 aliphatic rings. The Morgan fingerprint density at radius 3 is 2.51 bits per heavy atom. The Balaban J connectivity index is 1.07. The Morgan fingerprint density at radius 1 is 0.977 bits per heavy atom. The maximum Gasteiger partial charge on any atom is 0.243 e. The molecule has 3 aromatic carbocycles. The summed E-state index contributed by atoms with van der Waals surface area (Å²) >= 11 is 0. The van der Waals surface area contributed by atoms with E-state index in [1.807, 2.05) is 30.3 Å². The molecule has 234 valence electrons. The quantitative estimate of drug-likeness (QED) is 0.207. The third kappa shape index (κ3) is 7.73. The van der Waals surface area contributed by atoms with Gasteiger partial charge in [0, 0.05) is 44.9 Å². The Kier molecular flexibility index (Phi) is 10.0. The molecule has 2 atom stereocenters. The predicted octanol–water partition coefficient (Wildman–Crippen LogP) is 1.84. The lowest BCUT2D eigenvalue weighted by Gasteiger charge is -2.38. The zero-order valence-electron chi connectivity index (χ0n) is 23.9. The van der Waals surface area contributed by atoms with Crippen molar-refractivity contribution < 1.29 is 36.5 Å². The molecule has 2 fully saturated rings. The summed E-state index contributed by atoms with van der Waals surface area (Å²) < 4.78 is 67.3. The summed E-state index contributed by atoms with van der Waals surface area (Å²) in [5, 5.41) is 24.6. The molecular formula is C30H39N3O8S2. The van der Waals surface area contributed by atoms with E-state index in [0.717, 1.165) is 10.8 Å². The second kappa shape index (κ2) is 13.6. The standard InChI is InChI=1S/C30H39N3O8S2/c34-16-4-13-32-42(36,37)28-8-3-7-27(18-28)40-22-26(35)20-31-25-19-30(41-21-25)11-14-33(15-12-30)43(38,39)29-10-9-23-5-1-2-6-24(23)17-29/h1-3,5-10,17-18,25-26,31-32,34-35H,4,11-16,19-22H2/t25?,26-/m0/s1. The Hall–Kier alpha value is -2.62. The predicted molar refractivity (Wildman–Crippen MR) is 162 cm³/mol. The van der Waals surface area contributed by atoms with Crippen molar-refractivity contribution in [3.8, 4) is 5.75 Å². The van der Waals surface area contributed by atoms with Crippen LogP contribution in [0.1, 0.15) is 25.7 Å². The van der Waals surface area contributed by atoms with Gasteiger partial charge in [0.15, 0.2) is 0 Å².